The van der Waals surface area contributed by atoms with Crippen LogP contribution in [0.15, 0.2) is 36.7 Å². The summed E-state index contributed by atoms with van der Waals surface area (Å²) < 4.78 is 92.8. The first-order valence-electron chi connectivity index (χ1n) is 7.37. The lowest BCUT2D eigenvalue weighted by atomic mass is 10.0. The number of nitrogens with zero attached hydrogens (tertiary/aromatic N) is 2. The lowest BCUT2D eigenvalue weighted by Crippen LogP contribution is -2.12. The number of rotatable bonds is 3. The molecule has 27 heavy (non-hydrogen) atoms. The largest absolute Gasteiger partial charge is 0.416 e. The molecule has 1 aromatic carbocycles. The Balaban J connectivity index is 2.15. The van der Waals surface area contributed by atoms with Gasteiger partial charge in [-0.2, -0.15) is 26.3 Å². The zero-order valence-electron chi connectivity index (χ0n) is 13.2. The van der Waals surface area contributed by atoms with Crippen molar-refractivity contribution in [3.05, 3.63) is 64.7 Å². The highest BCUT2D eigenvalue weighted by atomic mass is 19.4. The van der Waals surface area contributed by atoms with Crippen LogP contribution in [0.5, 0.6) is 0 Å². The third-order valence-electron chi connectivity index (χ3n) is 3.86. The molecule has 0 bridgehead atoms. The molecule has 0 atom stereocenters. The van der Waals surface area contributed by atoms with Crippen LogP contribution in [0.4, 0.5) is 30.7 Å². The lowest BCUT2D eigenvalue weighted by molar-refractivity contribution is -0.143. The number of hydrogen-bond donors (Lipinski definition) is 0. The van der Waals surface area contributed by atoms with Gasteiger partial charge in [0.1, 0.15) is 11.5 Å². The lowest BCUT2D eigenvalue weighted by Gasteiger charge is -2.14. The third kappa shape index (κ3) is 3.64. The van der Waals surface area contributed by atoms with E-state index in [1.54, 1.807) is 0 Å². The van der Waals surface area contributed by atoms with E-state index in [1.807, 2.05) is 0 Å². The maximum absolute atomic E-state index is 13.9. The van der Waals surface area contributed by atoms with E-state index in [1.165, 1.54) is 0 Å². The average molecular weight is 390 g/mol. The van der Waals surface area contributed by atoms with Gasteiger partial charge in [-0.1, -0.05) is 0 Å². The number of aldehydes is 1. The number of carbonyl (C=O) groups is 1. The van der Waals surface area contributed by atoms with Crippen LogP contribution in [0.25, 0.3) is 11.0 Å². The molecule has 0 aliphatic heterocycles. The monoisotopic (exact) mass is 390 g/mol. The van der Waals surface area contributed by atoms with Gasteiger partial charge in [0.15, 0.2) is 6.29 Å². The fourth-order valence-corrected chi connectivity index (χ4v) is 2.72. The topological polar surface area (TPSA) is 34.9 Å². The van der Waals surface area contributed by atoms with Crippen molar-refractivity contribution in [3.8, 4) is 0 Å². The number of pyridine rings is 1. The van der Waals surface area contributed by atoms with Crippen LogP contribution in [-0.4, -0.2) is 15.8 Å². The van der Waals surface area contributed by atoms with E-state index >= 15 is 0 Å². The summed E-state index contributed by atoms with van der Waals surface area (Å²) in [6, 6.07) is 2.15. The second kappa shape index (κ2) is 6.36. The molecule has 2 heterocycles. The summed E-state index contributed by atoms with van der Waals surface area (Å²) in [7, 11) is 0. The van der Waals surface area contributed by atoms with Crippen molar-refractivity contribution >= 4 is 17.3 Å². The Morgan fingerprint density at radius 1 is 1.00 bits per heavy atom. The summed E-state index contributed by atoms with van der Waals surface area (Å²) in [5.74, 6) is -0.777. The van der Waals surface area contributed by atoms with Gasteiger partial charge in [0.05, 0.1) is 16.5 Å². The molecule has 0 fully saturated rings. The van der Waals surface area contributed by atoms with Gasteiger partial charge >= 0.3 is 12.4 Å². The van der Waals surface area contributed by atoms with Gasteiger partial charge in [0.2, 0.25) is 0 Å². The van der Waals surface area contributed by atoms with Crippen molar-refractivity contribution in [2.75, 3.05) is 0 Å². The molecule has 2 aromatic heterocycles. The number of aromatic nitrogens is 2. The molecular weight excluding hydrogens is 381 g/mol. The second-order valence-electron chi connectivity index (χ2n) is 5.74. The predicted molar refractivity (Wildman–Crippen MR) is 80.6 cm³/mol. The van der Waals surface area contributed by atoms with Gasteiger partial charge in [-0.05, 0) is 29.8 Å². The van der Waals surface area contributed by atoms with Crippen molar-refractivity contribution in [2.24, 2.45) is 0 Å². The first-order valence-corrected chi connectivity index (χ1v) is 7.37. The second-order valence-corrected chi connectivity index (χ2v) is 5.74. The van der Waals surface area contributed by atoms with E-state index < -0.39 is 35.8 Å². The number of alkyl halides is 6. The highest BCUT2D eigenvalue weighted by Gasteiger charge is 2.36. The molecule has 10 heteroatoms. The number of hydrogen-bond acceptors (Lipinski definition) is 2. The van der Waals surface area contributed by atoms with Crippen molar-refractivity contribution in [3.63, 3.8) is 0 Å². The molecule has 0 saturated heterocycles. The van der Waals surface area contributed by atoms with Crippen LogP contribution in [0, 0.1) is 5.82 Å². The predicted octanol–water partition coefficient (Wildman–Crippen LogP) is 5.07. The summed E-state index contributed by atoms with van der Waals surface area (Å²) in [4.78, 5) is 15.0. The minimum Gasteiger partial charge on any atom is -0.327 e. The van der Waals surface area contributed by atoms with E-state index in [4.69, 9.17) is 0 Å². The number of halogens is 7. The van der Waals surface area contributed by atoms with Gasteiger partial charge in [0.25, 0.3) is 0 Å². The quantitative estimate of drug-likeness (QED) is 0.462. The van der Waals surface area contributed by atoms with Crippen LogP contribution in [-0.2, 0) is 18.9 Å². The van der Waals surface area contributed by atoms with E-state index in [2.05, 4.69) is 4.98 Å². The normalized spacial score (nSPS) is 12.6. The molecule has 3 aromatic rings. The smallest absolute Gasteiger partial charge is 0.327 e. The Morgan fingerprint density at radius 3 is 2.11 bits per heavy atom. The molecule has 3 rings (SSSR count). The van der Waals surface area contributed by atoms with Gasteiger partial charge in [-0.3, -0.25) is 4.79 Å². The summed E-state index contributed by atoms with van der Waals surface area (Å²) in [5, 5.41) is -0.157. The summed E-state index contributed by atoms with van der Waals surface area (Å²) >= 11 is 0. The van der Waals surface area contributed by atoms with Gasteiger partial charge < -0.3 is 4.57 Å². The van der Waals surface area contributed by atoms with Crippen molar-refractivity contribution < 1.29 is 35.5 Å². The number of fused-ring (bicyclic) bond motifs is 1. The van der Waals surface area contributed by atoms with Crippen molar-refractivity contribution in [1.82, 2.24) is 9.55 Å². The van der Waals surface area contributed by atoms with Crippen LogP contribution >= 0.6 is 0 Å². The third-order valence-corrected chi connectivity index (χ3v) is 3.86. The zero-order chi connectivity index (χ0) is 20.0. The van der Waals surface area contributed by atoms with Crippen LogP contribution < -0.4 is 0 Å². The molecule has 142 valence electrons. The molecule has 0 aliphatic rings. The first kappa shape index (κ1) is 18.9. The van der Waals surface area contributed by atoms with E-state index in [0.29, 0.717) is 18.4 Å². The van der Waals surface area contributed by atoms with Crippen LogP contribution in [0.2, 0.25) is 0 Å². The maximum Gasteiger partial charge on any atom is 0.416 e. The van der Waals surface area contributed by atoms with Gasteiger partial charge in [0, 0.05) is 24.5 Å². The highest BCUT2D eigenvalue weighted by molar-refractivity contribution is 5.96. The fourth-order valence-electron chi connectivity index (χ4n) is 2.72. The van der Waals surface area contributed by atoms with Gasteiger partial charge in [-0.25, -0.2) is 9.37 Å². The first-order chi connectivity index (χ1) is 12.5. The van der Waals surface area contributed by atoms with E-state index in [9.17, 15) is 35.5 Å². The SMILES string of the molecule is O=Cc1cn(Cc2cc(C(F)(F)F)cc(C(F)(F)F)c2)c2nccc(F)c12. The molecule has 0 saturated carbocycles. The Hall–Kier alpha value is -2.91. The zero-order valence-corrected chi connectivity index (χ0v) is 13.2. The van der Waals surface area contributed by atoms with Gasteiger partial charge in [-0.15, -0.1) is 0 Å². The Bertz CT molecular complexity index is 986. The van der Waals surface area contributed by atoms with E-state index in [0.717, 1.165) is 23.0 Å². The standard InChI is InChI=1S/C17H9F7N2O/c18-13-1-2-25-15-14(13)10(8-27)7-26(15)6-9-3-11(16(19,20)21)5-12(4-9)17(22,23)24/h1-5,7-8H,6H2. The minimum atomic E-state index is -4.98. The van der Waals surface area contributed by atoms with Crippen LogP contribution in [0.3, 0.4) is 0 Å². The Morgan fingerprint density at radius 2 is 1.59 bits per heavy atom. The maximum atomic E-state index is 13.9. The molecular formula is C17H9F7N2O. The molecule has 0 N–H and O–H groups in total. The number of carbonyl (C=O) groups excluding carboxylic acids is 1. The van der Waals surface area contributed by atoms with E-state index in [-0.39, 0.29) is 28.2 Å². The summed E-state index contributed by atoms with van der Waals surface area (Å²) in [5.41, 5.74) is -3.42. The van der Waals surface area contributed by atoms with Crippen molar-refractivity contribution in [2.45, 2.75) is 18.9 Å². The molecule has 0 spiro atoms. The average Bonchev–Trinajstić information content (AvgIpc) is 2.92. The Labute approximate surface area is 147 Å². The van der Waals surface area contributed by atoms with Crippen molar-refractivity contribution in [1.29, 1.82) is 0 Å². The summed E-state index contributed by atoms with van der Waals surface area (Å²) in [6.07, 6.45) is -7.42. The fraction of sp³-hybridized carbons (Fsp3) is 0.176. The summed E-state index contributed by atoms with van der Waals surface area (Å²) in [6.45, 7) is -0.464. The minimum absolute atomic E-state index is 0.0199. The highest BCUT2D eigenvalue weighted by Crippen LogP contribution is 2.36. The molecule has 3 nitrogen and oxygen atoms in total. The number of benzene rings is 1. The van der Waals surface area contributed by atoms with Crippen LogP contribution in [0.1, 0.15) is 27.0 Å². The molecule has 0 aliphatic carbocycles. The molecule has 0 amide bonds. The Kier molecular flexibility index (Phi) is 4.44. The molecule has 0 radical (unpaired) electrons. The molecule has 0 unspecified atom stereocenters.